The van der Waals surface area contributed by atoms with Gasteiger partial charge in [0.1, 0.15) is 0 Å². The summed E-state index contributed by atoms with van der Waals surface area (Å²) in [6.07, 6.45) is -5.33. The Hall–Kier alpha value is -1.47. The highest BCUT2D eigenvalue weighted by molar-refractivity contribution is 9.10. The fourth-order valence-corrected chi connectivity index (χ4v) is 1.68. The predicted octanol–water partition coefficient (Wildman–Crippen LogP) is 3.50. The summed E-state index contributed by atoms with van der Waals surface area (Å²) in [5.41, 5.74) is 0.296. The maximum atomic E-state index is 12.3. The van der Waals surface area contributed by atoms with E-state index >= 15 is 0 Å². The van der Waals surface area contributed by atoms with Gasteiger partial charge >= 0.3 is 6.18 Å². The summed E-state index contributed by atoms with van der Waals surface area (Å²) in [5.74, 6) is 0.297. The van der Waals surface area contributed by atoms with Crippen molar-refractivity contribution in [2.45, 2.75) is 12.3 Å². The predicted molar refractivity (Wildman–Crippen MR) is 66.2 cm³/mol. The molecule has 0 bridgehead atoms. The van der Waals surface area contributed by atoms with Gasteiger partial charge in [-0.15, -0.1) is 0 Å². The number of benzene rings is 1. The van der Waals surface area contributed by atoms with Gasteiger partial charge in [-0.3, -0.25) is 0 Å². The molecule has 1 heterocycles. The average Bonchev–Trinajstić information content (AvgIpc) is 2.38. The van der Waals surface area contributed by atoms with Crippen LogP contribution in [0.4, 0.5) is 13.2 Å². The normalized spacial score (nSPS) is 13.3. The molecule has 0 amide bonds. The highest BCUT2D eigenvalue weighted by Crippen LogP contribution is 2.32. The molecule has 0 aliphatic rings. The van der Waals surface area contributed by atoms with E-state index in [0.29, 0.717) is 11.4 Å². The number of aliphatic hydroxyl groups excluding tert-OH is 1. The molecule has 2 rings (SSSR count). The highest BCUT2D eigenvalue weighted by atomic mass is 79.9. The Kier molecular flexibility index (Phi) is 3.86. The minimum Gasteiger partial charge on any atom is -0.379 e. The van der Waals surface area contributed by atoms with Crippen LogP contribution in [-0.4, -0.2) is 21.3 Å². The molecule has 1 atom stereocenters. The molecule has 0 spiro atoms. The van der Waals surface area contributed by atoms with Crippen molar-refractivity contribution in [3.63, 3.8) is 0 Å². The summed E-state index contributed by atoms with van der Waals surface area (Å²) >= 11 is 3.27. The molecule has 2 aromatic rings. The molecule has 0 radical (unpaired) electrons. The Labute approximate surface area is 115 Å². The second kappa shape index (κ2) is 5.26. The van der Waals surface area contributed by atoms with Crippen LogP contribution in [0, 0.1) is 0 Å². The maximum absolute atomic E-state index is 12.3. The zero-order valence-electron chi connectivity index (χ0n) is 9.39. The van der Waals surface area contributed by atoms with Crippen molar-refractivity contribution in [2.24, 2.45) is 0 Å². The van der Waals surface area contributed by atoms with Crippen LogP contribution in [0.5, 0.6) is 0 Å². The highest BCUT2D eigenvalue weighted by Gasteiger charge is 2.39. The molecule has 1 unspecified atom stereocenters. The number of rotatable bonds is 2. The van der Waals surface area contributed by atoms with Gasteiger partial charge in [0.2, 0.25) is 0 Å². The van der Waals surface area contributed by atoms with Gasteiger partial charge in [-0.05, 0) is 12.1 Å². The third-order valence-corrected chi connectivity index (χ3v) is 2.93. The number of alkyl halides is 3. The average molecular weight is 333 g/mol. The molecule has 0 saturated carbocycles. The summed E-state index contributed by atoms with van der Waals surface area (Å²) < 4.78 is 37.8. The van der Waals surface area contributed by atoms with Crippen LogP contribution in [0.25, 0.3) is 11.4 Å². The third kappa shape index (κ3) is 3.30. The zero-order chi connectivity index (χ0) is 14.0. The van der Waals surface area contributed by atoms with E-state index in [1.165, 1.54) is 0 Å². The van der Waals surface area contributed by atoms with Gasteiger partial charge in [0, 0.05) is 28.0 Å². The number of hydrogen-bond acceptors (Lipinski definition) is 3. The van der Waals surface area contributed by atoms with E-state index in [2.05, 4.69) is 25.9 Å². The fraction of sp³-hybridized carbons (Fsp3) is 0.167. The summed E-state index contributed by atoms with van der Waals surface area (Å²) in [6.45, 7) is 0. The van der Waals surface area contributed by atoms with Crippen LogP contribution >= 0.6 is 15.9 Å². The Morgan fingerprint density at radius 3 is 2.05 bits per heavy atom. The first-order valence-electron chi connectivity index (χ1n) is 5.20. The molecule has 7 heteroatoms. The standard InChI is InChI=1S/C12H8BrF3N2O/c13-9-3-1-7(2-4-9)11-17-5-8(6-18-11)10(19)12(14,15)16/h1-6,10,19H. The van der Waals surface area contributed by atoms with Crippen molar-refractivity contribution in [3.05, 3.63) is 46.7 Å². The Morgan fingerprint density at radius 2 is 1.58 bits per heavy atom. The summed E-state index contributed by atoms with van der Waals surface area (Å²) in [5, 5.41) is 9.04. The molecule has 1 aromatic carbocycles. The van der Waals surface area contributed by atoms with E-state index in [9.17, 15) is 13.2 Å². The topological polar surface area (TPSA) is 46.0 Å². The van der Waals surface area contributed by atoms with E-state index < -0.39 is 12.3 Å². The van der Waals surface area contributed by atoms with Crippen LogP contribution in [0.3, 0.4) is 0 Å². The van der Waals surface area contributed by atoms with Crippen LogP contribution in [0.1, 0.15) is 11.7 Å². The Balaban J connectivity index is 2.26. The van der Waals surface area contributed by atoms with E-state index in [0.717, 1.165) is 16.9 Å². The molecule has 1 aromatic heterocycles. The molecule has 100 valence electrons. The molecule has 1 N–H and O–H groups in total. The molecule has 0 saturated heterocycles. The van der Waals surface area contributed by atoms with Gasteiger partial charge in [-0.1, -0.05) is 28.1 Å². The van der Waals surface area contributed by atoms with Gasteiger partial charge in [0.05, 0.1) is 0 Å². The third-order valence-electron chi connectivity index (χ3n) is 2.40. The summed E-state index contributed by atoms with van der Waals surface area (Å²) in [4.78, 5) is 7.65. The lowest BCUT2D eigenvalue weighted by Gasteiger charge is -2.14. The van der Waals surface area contributed by atoms with Gasteiger partial charge < -0.3 is 5.11 Å². The molecule has 0 fully saturated rings. The minimum atomic E-state index is -4.72. The number of nitrogens with zero attached hydrogens (tertiary/aromatic N) is 2. The van der Waals surface area contributed by atoms with Crippen molar-refractivity contribution < 1.29 is 18.3 Å². The van der Waals surface area contributed by atoms with Gasteiger partial charge in [-0.25, -0.2) is 9.97 Å². The van der Waals surface area contributed by atoms with Crippen molar-refractivity contribution in [2.75, 3.05) is 0 Å². The van der Waals surface area contributed by atoms with Crippen molar-refractivity contribution in [3.8, 4) is 11.4 Å². The first kappa shape index (κ1) is 14.0. The molecule has 0 aliphatic heterocycles. The van der Waals surface area contributed by atoms with Crippen molar-refractivity contribution in [1.29, 1.82) is 0 Å². The summed E-state index contributed by atoms with van der Waals surface area (Å²) in [7, 11) is 0. The second-order valence-corrected chi connectivity index (χ2v) is 4.71. The number of aromatic nitrogens is 2. The van der Waals surface area contributed by atoms with Gasteiger partial charge in [0.15, 0.2) is 11.9 Å². The molecule has 3 nitrogen and oxygen atoms in total. The molecule has 19 heavy (non-hydrogen) atoms. The summed E-state index contributed by atoms with van der Waals surface area (Å²) in [6, 6.07) is 7.02. The van der Waals surface area contributed by atoms with Gasteiger partial charge in [-0.2, -0.15) is 13.2 Å². The Morgan fingerprint density at radius 1 is 1.05 bits per heavy atom. The second-order valence-electron chi connectivity index (χ2n) is 3.79. The first-order valence-corrected chi connectivity index (χ1v) is 6.00. The lowest BCUT2D eigenvalue weighted by Crippen LogP contribution is -2.20. The first-order chi connectivity index (χ1) is 8.88. The van der Waals surface area contributed by atoms with E-state index in [1.807, 2.05) is 0 Å². The fourth-order valence-electron chi connectivity index (χ4n) is 1.42. The Bertz CT molecular complexity index is 555. The van der Waals surface area contributed by atoms with E-state index in [-0.39, 0.29) is 5.56 Å². The largest absolute Gasteiger partial charge is 0.418 e. The maximum Gasteiger partial charge on any atom is 0.418 e. The van der Waals surface area contributed by atoms with E-state index in [1.54, 1.807) is 24.3 Å². The van der Waals surface area contributed by atoms with Crippen LogP contribution < -0.4 is 0 Å². The molecule has 0 aliphatic carbocycles. The lowest BCUT2D eigenvalue weighted by molar-refractivity contribution is -0.206. The molecular weight excluding hydrogens is 325 g/mol. The number of aliphatic hydroxyl groups is 1. The smallest absolute Gasteiger partial charge is 0.379 e. The van der Waals surface area contributed by atoms with Crippen LogP contribution in [0.2, 0.25) is 0 Å². The van der Waals surface area contributed by atoms with Crippen LogP contribution in [0.15, 0.2) is 41.1 Å². The van der Waals surface area contributed by atoms with Crippen molar-refractivity contribution in [1.82, 2.24) is 9.97 Å². The zero-order valence-corrected chi connectivity index (χ0v) is 11.0. The quantitative estimate of drug-likeness (QED) is 0.915. The lowest BCUT2D eigenvalue weighted by atomic mass is 10.1. The van der Waals surface area contributed by atoms with Gasteiger partial charge in [0.25, 0.3) is 0 Å². The minimum absolute atomic E-state index is 0.297. The number of hydrogen-bond donors (Lipinski definition) is 1. The number of halogens is 4. The van der Waals surface area contributed by atoms with Crippen molar-refractivity contribution >= 4 is 15.9 Å². The molecular formula is C12H8BrF3N2O. The SMILES string of the molecule is OC(c1cnc(-c2ccc(Br)cc2)nc1)C(F)(F)F. The van der Waals surface area contributed by atoms with E-state index in [4.69, 9.17) is 5.11 Å². The monoisotopic (exact) mass is 332 g/mol. The van der Waals surface area contributed by atoms with Crippen LogP contribution in [-0.2, 0) is 0 Å².